The van der Waals surface area contributed by atoms with Gasteiger partial charge in [0.2, 0.25) is 5.91 Å². The number of carbonyl (C=O) groups is 2. The number of nitriles is 1. The Balaban J connectivity index is 2.38. The first-order valence-corrected chi connectivity index (χ1v) is 6.26. The molecule has 88 valence electrons. The van der Waals surface area contributed by atoms with Crippen molar-refractivity contribution in [1.29, 1.82) is 5.26 Å². The van der Waals surface area contributed by atoms with E-state index in [0.29, 0.717) is 25.3 Å². The molecule has 1 N–H and O–H groups in total. The van der Waals surface area contributed by atoms with Gasteiger partial charge in [-0.05, 0) is 12.8 Å². The van der Waals surface area contributed by atoms with Gasteiger partial charge >= 0.3 is 5.97 Å². The predicted molar refractivity (Wildman–Crippen MR) is 59.9 cm³/mol. The van der Waals surface area contributed by atoms with Crippen LogP contribution in [0, 0.1) is 17.2 Å². The topological polar surface area (TPSA) is 81.4 Å². The van der Waals surface area contributed by atoms with Gasteiger partial charge in [0, 0.05) is 13.1 Å². The largest absolute Gasteiger partial charge is 0.481 e. The summed E-state index contributed by atoms with van der Waals surface area (Å²) in [5.41, 5.74) is 0. The van der Waals surface area contributed by atoms with E-state index in [1.807, 2.05) is 6.07 Å². The first-order valence-electron chi connectivity index (χ1n) is 5.10. The van der Waals surface area contributed by atoms with Gasteiger partial charge in [0.25, 0.3) is 0 Å². The second kappa shape index (κ2) is 6.38. The molecular weight excluding hydrogens is 228 g/mol. The number of hydrogen-bond donors (Lipinski definition) is 1. The van der Waals surface area contributed by atoms with E-state index in [1.54, 1.807) is 4.90 Å². The molecule has 16 heavy (non-hydrogen) atoms. The summed E-state index contributed by atoms with van der Waals surface area (Å²) in [5.74, 6) is -0.769. The first-order chi connectivity index (χ1) is 7.65. The maximum Gasteiger partial charge on any atom is 0.308 e. The zero-order chi connectivity index (χ0) is 12.0. The Morgan fingerprint density at radius 2 is 2.31 bits per heavy atom. The monoisotopic (exact) mass is 242 g/mol. The summed E-state index contributed by atoms with van der Waals surface area (Å²) in [5, 5.41) is 17.2. The number of piperidine rings is 1. The minimum Gasteiger partial charge on any atom is -0.481 e. The molecule has 1 amide bonds. The lowest BCUT2D eigenvalue weighted by Crippen LogP contribution is -2.43. The molecule has 1 saturated heterocycles. The predicted octanol–water partition coefficient (Wildman–Crippen LogP) is 0.566. The molecule has 5 nitrogen and oxygen atoms in total. The summed E-state index contributed by atoms with van der Waals surface area (Å²) < 4.78 is 0. The number of carboxylic acid groups (broad SMARTS) is 1. The summed E-state index contributed by atoms with van der Waals surface area (Å²) >= 11 is 1.26. The van der Waals surface area contributed by atoms with Gasteiger partial charge < -0.3 is 10.0 Å². The maximum atomic E-state index is 11.6. The Kier molecular flexibility index (Phi) is 5.12. The molecule has 1 atom stereocenters. The van der Waals surface area contributed by atoms with Crippen molar-refractivity contribution in [2.24, 2.45) is 5.92 Å². The van der Waals surface area contributed by atoms with Crippen molar-refractivity contribution in [3.05, 3.63) is 0 Å². The van der Waals surface area contributed by atoms with Gasteiger partial charge in [-0.25, -0.2) is 0 Å². The van der Waals surface area contributed by atoms with E-state index in [4.69, 9.17) is 10.4 Å². The van der Waals surface area contributed by atoms with E-state index < -0.39 is 11.9 Å². The molecular formula is C10H14N2O3S. The summed E-state index contributed by atoms with van der Waals surface area (Å²) in [6.45, 7) is 0.941. The number of hydrogen-bond acceptors (Lipinski definition) is 4. The van der Waals surface area contributed by atoms with Crippen molar-refractivity contribution in [1.82, 2.24) is 4.90 Å². The van der Waals surface area contributed by atoms with Crippen molar-refractivity contribution in [3.8, 4) is 6.07 Å². The molecule has 6 heteroatoms. The number of thioether (sulfide) groups is 1. The van der Waals surface area contributed by atoms with Gasteiger partial charge in [0.1, 0.15) is 0 Å². The van der Waals surface area contributed by atoms with E-state index >= 15 is 0 Å². The van der Waals surface area contributed by atoms with Crippen LogP contribution in [0.15, 0.2) is 0 Å². The lowest BCUT2D eigenvalue weighted by Gasteiger charge is -2.30. The third kappa shape index (κ3) is 3.74. The Morgan fingerprint density at radius 1 is 1.56 bits per heavy atom. The minimum atomic E-state index is -0.831. The van der Waals surface area contributed by atoms with Crippen LogP contribution in [0.1, 0.15) is 12.8 Å². The van der Waals surface area contributed by atoms with Crippen molar-refractivity contribution in [3.63, 3.8) is 0 Å². The molecule has 1 rings (SSSR count). The van der Waals surface area contributed by atoms with E-state index in [-0.39, 0.29) is 11.7 Å². The highest BCUT2D eigenvalue weighted by atomic mass is 32.2. The normalized spacial score (nSPS) is 20.2. The molecule has 1 aliphatic heterocycles. The van der Waals surface area contributed by atoms with Crippen molar-refractivity contribution < 1.29 is 14.7 Å². The second-order valence-electron chi connectivity index (χ2n) is 3.67. The molecule has 0 aromatic carbocycles. The van der Waals surface area contributed by atoms with Crippen LogP contribution < -0.4 is 0 Å². The molecule has 1 fully saturated rings. The van der Waals surface area contributed by atoms with Crippen LogP contribution in [-0.4, -0.2) is 46.5 Å². The average Bonchev–Trinajstić information content (AvgIpc) is 2.29. The number of rotatable bonds is 4. The SMILES string of the molecule is N#CCSCC(=O)N1CCCC(C(=O)O)C1. The van der Waals surface area contributed by atoms with Crippen LogP contribution in [-0.2, 0) is 9.59 Å². The van der Waals surface area contributed by atoms with Gasteiger partial charge in [-0.3, -0.25) is 9.59 Å². The quantitative estimate of drug-likeness (QED) is 0.729. The van der Waals surface area contributed by atoms with Crippen molar-refractivity contribution in [2.45, 2.75) is 12.8 Å². The maximum absolute atomic E-state index is 11.6. The zero-order valence-electron chi connectivity index (χ0n) is 8.89. The molecule has 0 saturated carbocycles. The van der Waals surface area contributed by atoms with Crippen LogP contribution in [0.4, 0.5) is 0 Å². The van der Waals surface area contributed by atoms with Gasteiger partial charge in [-0.2, -0.15) is 5.26 Å². The Hall–Kier alpha value is -1.22. The average molecular weight is 242 g/mol. The summed E-state index contributed by atoms with van der Waals surface area (Å²) in [6.07, 6.45) is 1.38. The fourth-order valence-corrected chi connectivity index (χ4v) is 2.23. The number of amides is 1. The molecule has 0 radical (unpaired) electrons. The molecule has 1 heterocycles. The van der Waals surface area contributed by atoms with E-state index in [2.05, 4.69) is 0 Å². The van der Waals surface area contributed by atoms with Crippen molar-refractivity contribution in [2.75, 3.05) is 24.6 Å². The highest BCUT2D eigenvalue weighted by molar-refractivity contribution is 8.00. The fraction of sp³-hybridized carbons (Fsp3) is 0.700. The van der Waals surface area contributed by atoms with Crippen molar-refractivity contribution >= 4 is 23.6 Å². The highest BCUT2D eigenvalue weighted by Crippen LogP contribution is 2.17. The summed E-state index contributed by atoms with van der Waals surface area (Å²) in [4.78, 5) is 24.0. The zero-order valence-corrected chi connectivity index (χ0v) is 9.70. The highest BCUT2D eigenvalue weighted by Gasteiger charge is 2.27. The standard InChI is InChI=1S/C10H14N2O3S/c11-3-5-16-7-9(13)12-4-1-2-8(6-12)10(14)15/h8H,1-2,4-7H2,(H,14,15). The van der Waals surface area contributed by atoms with Crippen LogP contribution >= 0.6 is 11.8 Å². The number of nitrogens with zero attached hydrogens (tertiary/aromatic N) is 2. The van der Waals surface area contributed by atoms with Gasteiger partial charge in [-0.15, -0.1) is 11.8 Å². The van der Waals surface area contributed by atoms with Gasteiger partial charge in [0.15, 0.2) is 0 Å². The minimum absolute atomic E-state index is 0.0637. The molecule has 0 bridgehead atoms. The van der Waals surface area contributed by atoms with Gasteiger partial charge in [0.05, 0.1) is 23.5 Å². The summed E-state index contributed by atoms with van der Waals surface area (Å²) in [7, 11) is 0. The Morgan fingerprint density at radius 3 is 2.94 bits per heavy atom. The number of aliphatic carboxylic acids is 1. The third-order valence-corrected chi connectivity index (χ3v) is 3.30. The molecule has 0 aromatic heterocycles. The Labute approximate surface area is 98.4 Å². The van der Waals surface area contributed by atoms with Gasteiger partial charge in [-0.1, -0.05) is 0 Å². The molecule has 0 spiro atoms. The van der Waals surface area contributed by atoms with E-state index in [0.717, 1.165) is 6.42 Å². The molecule has 0 aromatic rings. The fourth-order valence-electron chi connectivity index (χ4n) is 1.68. The first kappa shape index (κ1) is 12.8. The molecule has 1 aliphatic rings. The molecule has 1 unspecified atom stereocenters. The Bertz CT molecular complexity index is 314. The lowest BCUT2D eigenvalue weighted by atomic mass is 9.98. The number of likely N-dealkylation sites (tertiary alicyclic amines) is 1. The van der Waals surface area contributed by atoms with Crippen LogP contribution in [0.2, 0.25) is 0 Å². The number of carboxylic acids is 1. The van der Waals surface area contributed by atoms with E-state index in [9.17, 15) is 9.59 Å². The third-order valence-electron chi connectivity index (χ3n) is 2.52. The van der Waals surface area contributed by atoms with E-state index in [1.165, 1.54) is 11.8 Å². The van der Waals surface area contributed by atoms with Crippen LogP contribution in [0.25, 0.3) is 0 Å². The number of carbonyl (C=O) groups excluding carboxylic acids is 1. The molecule has 0 aliphatic carbocycles. The van der Waals surface area contributed by atoms with Crippen LogP contribution in [0.5, 0.6) is 0 Å². The lowest BCUT2D eigenvalue weighted by molar-refractivity contribution is -0.145. The summed E-state index contributed by atoms with van der Waals surface area (Å²) in [6, 6.07) is 1.95. The second-order valence-corrected chi connectivity index (χ2v) is 4.65. The smallest absolute Gasteiger partial charge is 0.308 e. The van der Waals surface area contributed by atoms with Crippen LogP contribution in [0.3, 0.4) is 0 Å².